The van der Waals surface area contributed by atoms with Crippen molar-refractivity contribution in [3.8, 4) is 0 Å². The maximum Gasteiger partial charge on any atom is 0.105 e. The number of furan rings is 1. The molecule has 0 aliphatic carbocycles. The summed E-state index contributed by atoms with van der Waals surface area (Å²) in [5, 5.41) is 6.78. The van der Waals surface area contributed by atoms with Crippen molar-refractivity contribution >= 4 is 0 Å². The molecule has 66 valence electrons. The van der Waals surface area contributed by atoms with Crippen molar-refractivity contribution in [3.63, 3.8) is 0 Å². The summed E-state index contributed by atoms with van der Waals surface area (Å²) in [7, 11) is 0. The Morgan fingerprint density at radius 3 is 3.17 bits per heavy atom. The summed E-state index contributed by atoms with van der Waals surface area (Å²) in [5.74, 6) is 1.07. The zero-order valence-electron chi connectivity index (χ0n) is 7.05. The first-order valence-electron chi connectivity index (χ1n) is 4.41. The van der Waals surface area contributed by atoms with Gasteiger partial charge < -0.3 is 15.1 Å². The molecule has 1 atom stereocenters. The number of hydrogen-bond donors (Lipinski definition) is 2. The van der Waals surface area contributed by atoms with E-state index in [9.17, 15) is 0 Å². The molecule has 0 spiro atoms. The summed E-state index contributed by atoms with van der Waals surface area (Å²) < 4.78 is 5.27. The van der Waals surface area contributed by atoms with Crippen molar-refractivity contribution in [2.45, 2.75) is 12.5 Å². The van der Waals surface area contributed by atoms with Crippen LogP contribution in [-0.4, -0.2) is 25.7 Å². The van der Waals surface area contributed by atoms with E-state index in [4.69, 9.17) is 4.42 Å². The fourth-order valence-electron chi connectivity index (χ4n) is 1.53. The van der Waals surface area contributed by atoms with E-state index in [-0.39, 0.29) is 0 Å². The Bertz CT molecular complexity index is 214. The minimum absolute atomic E-state index is 0.532. The van der Waals surface area contributed by atoms with Gasteiger partial charge in [0.2, 0.25) is 0 Å². The molecule has 0 amide bonds. The highest BCUT2D eigenvalue weighted by atomic mass is 16.3. The van der Waals surface area contributed by atoms with Crippen molar-refractivity contribution in [1.82, 2.24) is 10.6 Å². The SMILES string of the molecule is c1coc(C[C@@H]2CNCCN2)c1. The van der Waals surface area contributed by atoms with E-state index in [0.29, 0.717) is 6.04 Å². The highest BCUT2D eigenvalue weighted by Gasteiger charge is 2.13. The smallest absolute Gasteiger partial charge is 0.105 e. The molecule has 1 aromatic heterocycles. The van der Waals surface area contributed by atoms with Gasteiger partial charge in [-0.15, -0.1) is 0 Å². The summed E-state index contributed by atoms with van der Waals surface area (Å²) in [6.07, 6.45) is 2.71. The van der Waals surface area contributed by atoms with Gasteiger partial charge in [0.05, 0.1) is 6.26 Å². The average molecular weight is 166 g/mol. The molecule has 0 radical (unpaired) electrons. The topological polar surface area (TPSA) is 37.2 Å². The minimum atomic E-state index is 0.532. The zero-order chi connectivity index (χ0) is 8.23. The van der Waals surface area contributed by atoms with Gasteiger partial charge in [-0.1, -0.05) is 0 Å². The summed E-state index contributed by atoms with van der Waals surface area (Å²) in [5.41, 5.74) is 0. The highest BCUT2D eigenvalue weighted by Crippen LogP contribution is 2.04. The first-order chi connectivity index (χ1) is 5.95. The van der Waals surface area contributed by atoms with Crippen LogP contribution in [-0.2, 0) is 6.42 Å². The van der Waals surface area contributed by atoms with Crippen LogP contribution in [0.25, 0.3) is 0 Å². The summed E-state index contributed by atoms with van der Waals surface area (Å²) >= 11 is 0. The lowest BCUT2D eigenvalue weighted by atomic mass is 10.1. The third-order valence-electron chi connectivity index (χ3n) is 2.15. The average Bonchev–Trinajstić information content (AvgIpc) is 2.59. The monoisotopic (exact) mass is 166 g/mol. The van der Waals surface area contributed by atoms with Gasteiger partial charge in [0.15, 0.2) is 0 Å². The van der Waals surface area contributed by atoms with Crippen molar-refractivity contribution in [2.24, 2.45) is 0 Å². The molecule has 0 bridgehead atoms. The predicted octanol–water partition coefficient (Wildman–Crippen LogP) is 0.383. The summed E-state index contributed by atoms with van der Waals surface area (Å²) in [4.78, 5) is 0. The van der Waals surface area contributed by atoms with Crippen LogP contribution < -0.4 is 10.6 Å². The molecule has 1 aliphatic rings. The quantitative estimate of drug-likeness (QED) is 0.667. The second-order valence-electron chi connectivity index (χ2n) is 3.14. The van der Waals surface area contributed by atoms with Crippen LogP contribution >= 0.6 is 0 Å². The Morgan fingerprint density at radius 1 is 1.50 bits per heavy atom. The molecule has 1 aromatic rings. The first-order valence-corrected chi connectivity index (χ1v) is 4.41. The maximum atomic E-state index is 5.27. The molecule has 0 unspecified atom stereocenters. The van der Waals surface area contributed by atoms with Gasteiger partial charge in [0.1, 0.15) is 5.76 Å². The van der Waals surface area contributed by atoms with Crippen molar-refractivity contribution < 1.29 is 4.42 Å². The molecule has 2 N–H and O–H groups in total. The van der Waals surface area contributed by atoms with Gasteiger partial charge in [0.25, 0.3) is 0 Å². The molecular weight excluding hydrogens is 152 g/mol. The molecule has 3 heteroatoms. The lowest BCUT2D eigenvalue weighted by Crippen LogP contribution is -2.49. The van der Waals surface area contributed by atoms with Gasteiger partial charge in [-0.3, -0.25) is 0 Å². The number of hydrogen-bond acceptors (Lipinski definition) is 3. The molecule has 0 aromatic carbocycles. The van der Waals surface area contributed by atoms with Crippen LogP contribution in [0.1, 0.15) is 5.76 Å². The predicted molar refractivity (Wildman–Crippen MR) is 47.1 cm³/mol. The molecule has 2 heterocycles. The molecule has 12 heavy (non-hydrogen) atoms. The summed E-state index contributed by atoms with van der Waals surface area (Å²) in [6.45, 7) is 3.18. The Hall–Kier alpha value is -0.800. The van der Waals surface area contributed by atoms with Gasteiger partial charge in [0, 0.05) is 32.1 Å². The Morgan fingerprint density at radius 2 is 2.50 bits per heavy atom. The molecule has 1 saturated heterocycles. The molecule has 3 nitrogen and oxygen atoms in total. The van der Waals surface area contributed by atoms with Crippen LogP contribution in [0.3, 0.4) is 0 Å². The van der Waals surface area contributed by atoms with E-state index in [2.05, 4.69) is 10.6 Å². The number of rotatable bonds is 2. The van der Waals surface area contributed by atoms with E-state index in [1.807, 2.05) is 12.1 Å². The Balaban J connectivity index is 1.86. The van der Waals surface area contributed by atoms with Crippen LogP contribution in [0.4, 0.5) is 0 Å². The van der Waals surface area contributed by atoms with Gasteiger partial charge >= 0.3 is 0 Å². The summed E-state index contributed by atoms with van der Waals surface area (Å²) in [6, 6.07) is 4.49. The fraction of sp³-hybridized carbons (Fsp3) is 0.556. The Labute approximate surface area is 72.1 Å². The minimum Gasteiger partial charge on any atom is -0.469 e. The molecule has 0 saturated carbocycles. The number of piperazine rings is 1. The standard InChI is InChI=1S/C9H14N2O/c1-2-9(12-5-1)6-8-7-10-3-4-11-8/h1-2,5,8,10-11H,3-4,6-7H2/t8-/m1/s1. The van der Waals surface area contributed by atoms with E-state index in [1.54, 1.807) is 6.26 Å². The zero-order valence-corrected chi connectivity index (χ0v) is 7.05. The fourth-order valence-corrected chi connectivity index (χ4v) is 1.53. The van der Waals surface area contributed by atoms with E-state index in [1.165, 1.54) is 0 Å². The van der Waals surface area contributed by atoms with Gasteiger partial charge in [-0.2, -0.15) is 0 Å². The highest BCUT2D eigenvalue weighted by molar-refractivity contribution is 5.01. The first kappa shape index (κ1) is 7.83. The Kier molecular flexibility index (Phi) is 2.44. The second-order valence-corrected chi connectivity index (χ2v) is 3.14. The van der Waals surface area contributed by atoms with E-state index >= 15 is 0 Å². The lowest BCUT2D eigenvalue weighted by Gasteiger charge is -2.23. The largest absolute Gasteiger partial charge is 0.469 e. The molecule has 2 rings (SSSR count). The molecule has 1 aliphatic heterocycles. The van der Waals surface area contributed by atoms with Crippen LogP contribution in [0.5, 0.6) is 0 Å². The normalized spacial score (nSPS) is 24.2. The molecule has 1 fully saturated rings. The van der Waals surface area contributed by atoms with E-state index in [0.717, 1.165) is 31.8 Å². The van der Waals surface area contributed by atoms with Crippen LogP contribution in [0, 0.1) is 0 Å². The number of nitrogens with one attached hydrogen (secondary N) is 2. The van der Waals surface area contributed by atoms with Crippen molar-refractivity contribution in [2.75, 3.05) is 19.6 Å². The van der Waals surface area contributed by atoms with Crippen molar-refractivity contribution in [3.05, 3.63) is 24.2 Å². The lowest BCUT2D eigenvalue weighted by molar-refractivity contribution is 0.387. The third-order valence-corrected chi connectivity index (χ3v) is 2.15. The van der Waals surface area contributed by atoms with Gasteiger partial charge in [-0.25, -0.2) is 0 Å². The van der Waals surface area contributed by atoms with Crippen molar-refractivity contribution in [1.29, 1.82) is 0 Å². The second kappa shape index (κ2) is 3.74. The van der Waals surface area contributed by atoms with E-state index < -0.39 is 0 Å². The van der Waals surface area contributed by atoms with Gasteiger partial charge in [-0.05, 0) is 12.1 Å². The van der Waals surface area contributed by atoms with Crippen LogP contribution in [0.2, 0.25) is 0 Å². The maximum absolute atomic E-state index is 5.27. The van der Waals surface area contributed by atoms with Crippen LogP contribution in [0.15, 0.2) is 22.8 Å². The third kappa shape index (κ3) is 1.87. The molecular formula is C9H14N2O.